The number of carbonyl (C=O) groups excluding carboxylic acids is 2. The largest absolute Gasteiger partial charge is 0.354 e. The fraction of sp³-hybridized carbons (Fsp3) is 0.310. The summed E-state index contributed by atoms with van der Waals surface area (Å²) in [6.07, 6.45) is 2.01. The Morgan fingerprint density at radius 2 is 1.59 bits per heavy atom. The maximum Gasteiger partial charge on any atom is 0.264 e. The van der Waals surface area contributed by atoms with Crippen molar-refractivity contribution in [1.82, 2.24) is 10.2 Å². The van der Waals surface area contributed by atoms with Crippen molar-refractivity contribution >= 4 is 39.1 Å². The lowest BCUT2D eigenvalue weighted by atomic mass is 10.1. The quantitative estimate of drug-likeness (QED) is 0.277. The number of sulfonamides is 1. The van der Waals surface area contributed by atoms with Crippen LogP contribution in [0.25, 0.3) is 0 Å². The Hall–Kier alpha value is -3.43. The van der Waals surface area contributed by atoms with Gasteiger partial charge in [-0.2, -0.15) is 0 Å². The molecular weight excluding hydrogens is 541 g/mol. The van der Waals surface area contributed by atoms with Crippen molar-refractivity contribution < 1.29 is 22.4 Å². The van der Waals surface area contributed by atoms with Crippen molar-refractivity contribution in [3.05, 3.63) is 95.3 Å². The summed E-state index contributed by atoms with van der Waals surface area (Å²) < 4.78 is 42.0. The number of nitrogens with zero attached hydrogens (tertiary/aromatic N) is 2. The SMILES string of the molecule is CCCCNC(=O)[C@H](CC)N(Cc1ccc(Cl)cc1)C(=O)CN(c1ccc(F)cc1)S(=O)(=O)c1ccccc1. The van der Waals surface area contributed by atoms with Gasteiger partial charge in [0, 0.05) is 18.1 Å². The molecule has 1 N–H and O–H groups in total. The predicted molar refractivity (Wildman–Crippen MR) is 151 cm³/mol. The molecule has 3 aromatic rings. The van der Waals surface area contributed by atoms with Gasteiger partial charge in [-0.25, -0.2) is 12.8 Å². The van der Waals surface area contributed by atoms with E-state index in [1.54, 1.807) is 49.4 Å². The first-order valence-electron chi connectivity index (χ1n) is 12.8. The van der Waals surface area contributed by atoms with Crippen LogP contribution in [0.5, 0.6) is 0 Å². The normalized spacial score (nSPS) is 12.0. The third-order valence-electron chi connectivity index (χ3n) is 6.21. The minimum absolute atomic E-state index is 0.0178. The second kappa shape index (κ2) is 14.1. The van der Waals surface area contributed by atoms with Gasteiger partial charge >= 0.3 is 0 Å². The number of unbranched alkanes of at least 4 members (excludes halogenated alkanes) is 1. The van der Waals surface area contributed by atoms with Crippen LogP contribution >= 0.6 is 11.6 Å². The predicted octanol–water partition coefficient (Wildman–Crippen LogP) is 5.40. The average molecular weight is 574 g/mol. The van der Waals surface area contributed by atoms with Gasteiger partial charge < -0.3 is 10.2 Å². The van der Waals surface area contributed by atoms with E-state index >= 15 is 0 Å². The van der Waals surface area contributed by atoms with Gasteiger partial charge in [0.25, 0.3) is 10.0 Å². The van der Waals surface area contributed by atoms with Crippen LogP contribution in [-0.4, -0.2) is 44.3 Å². The number of carbonyl (C=O) groups is 2. The molecule has 10 heteroatoms. The molecule has 0 unspecified atom stereocenters. The molecule has 3 aromatic carbocycles. The van der Waals surface area contributed by atoms with Gasteiger partial charge in [0.05, 0.1) is 10.6 Å². The van der Waals surface area contributed by atoms with Gasteiger partial charge in [0.15, 0.2) is 0 Å². The first-order valence-corrected chi connectivity index (χ1v) is 14.6. The van der Waals surface area contributed by atoms with Gasteiger partial charge in [-0.05, 0) is 66.9 Å². The van der Waals surface area contributed by atoms with Crippen molar-refractivity contribution in [1.29, 1.82) is 0 Å². The summed E-state index contributed by atoms with van der Waals surface area (Å²) in [5, 5.41) is 3.41. The Bertz CT molecular complexity index is 1340. The van der Waals surface area contributed by atoms with Gasteiger partial charge in [-0.1, -0.05) is 62.2 Å². The van der Waals surface area contributed by atoms with E-state index < -0.39 is 34.3 Å². The molecule has 0 bridgehead atoms. The van der Waals surface area contributed by atoms with Crippen molar-refractivity contribution in [2.75, 3.05) is 17.4 Å². The average Bonchev–Trinajstić information content (AvgIpc) is 2.93. The molecule has 2 amide bonds. The molecule has 1 atom stereocenters. The lowest BCUT2D eigenvalue weighted by molar-refractivity contribution is -0.140. The maximum atomic E-state index is 13.9. The number of amides is 2. The monoisotopic (exact) mass is 573 g/mol. The fourth-order valence-corrected chi connectivity index (χ4v) is 5.63. The standard InChI is InChI=1S/C29H33ClFN3O4S/c1-3-5-19-32-29(36)27(4-2)33(20-22-11-13-23(30)14-12-22)28(35)21-34(25-17-15-24(31)16-18-25)39(37,38)26-9-7-6-8-10-26/h6-18,27H,3-5,19-21H2,1-2H3,(H,32,36)/t27-/m0/s1. The topological polar surface area (TPSA) is 86.8 Å². The van der Waals surface area contributed by atoms with E-state index in [1.165, 1.54) is 29.2 Å². The van der Waals surface area contributed by atoms with Crippen LogP contribution in [0.15, 0.2) is 83.8 Å². The minimum Gasteiger partial charge on any atom is -0.354 e. The van der Waals surface area contributed by atoms with Crippen LogP contribution in [0.2, 0.25) is 5.02 Å². The lowest BCUT2D eigenvalue weighted by Crippen LogP contribution is -2.52. The molecule has 0 aliphatic heterocycles. The summed E-state index contributed by atoms with van der Waals surface area (Å²) >= 11 is 6.03. The second-order valence-corrected chi connectivity index (χ2v) is 11.3. The molecule has 0 saturated heterocycles. The van der Waals surface area contributed by atoms with E-state index in [0.717, 1.165) is 34.8 Å². The van der Waals surface area contributed by atoms with Crippen LogP contribution in [0.4, 0.5) is 10.1 Å². The Morgan fingerprint density at radius 1 is 0.949 bits per heavy atom. The van der Waals surface area contributed by atoms with Crippen LogP contribution in [0.3, 0.4) is 0 Å². The Balaban J connectivity index is 2.01. The first kappa shape index (κ1) is 30.1. The zero-order valence-electron chi connectivity index (χ0n) is 22.0. The zero-order chi connectivity index (χ0) is 28.4. The zero-order valence-corrected chi connectivity index (χ0v) is 23.6. The van der Waals surface area contributed by atoms with Crippen molar-refractivity contribution in [2.45, 2.75) is 50.6 Å². The van der Waals surface area contributed by atoms with E-state index in [2.05, 4.69) is 5.32 Å². The molecule has 0 radical (unpaired) electrons. The number of benzene rings is 3. The highest BCUT2D eigenvalue weighted by Gasteiger charge is 2.33. The van der Waals surface area contributed by atoms with Crippen LogP contribution < -0.4 is 9.62 Å². The molecule has 39 heavy (non-hydrogen) atoms. The van der Waals surface area contributed by atoms with E-state index in [1.807, 2.05) is 6.92 Å². The minimum atomic E-state index is -4.20. The third kappa shape index (κ3) is 8.03. The molecule has 208 valence electrons. The number of hydrogen-bond acceptors (Lipinski definition) is 4. The number of nitrogens with one attached hydrogen (secondary N) is 1. The van der Waals surface area contributed by atoms with Gasteiger partial charge in [-0.15, -0.1) is 0 Å². The van der Waals surface area contributed by atoms with Crippen LogP contribution in [0, 0.1) is 5.82 Å². The molecular formula is C29H33ClFN3O4S. The van der Waals surface area contributed by atoms with Gasteiger partial charge in [-0.3, -0.25) is 13.9 Å². The fourth-order valence-electron chi connectivity index (χ4n) is 4.07. The highest BCUT2D eigenvalue weighted by atomic mass is 35.5. The summed E-state index contributed by atoms with van der Waals surface area (Å²) in [5.41, 5.74) is 0.854. The molecule has 0 aromatic heterocycles. The summed E-state index contributed by atoms with van der Waals surface area (Å²) in [4.78, 5) is 28.4. The highest BCUT2D eigenvalue weighted by molar-refractivity contribution is 7.92. The summed E-state index contributed by atoms with van der Waals surface area (Å²) in [5.74, 6) is -1.43. The second-order valence-electron chi connectivity index (χ2n) is 9.02. The van der Waals surface area contributed by atoms with Crippen LogP contribution in [0.1, 0.15) is 38.7 Å². The maximum absolute atomic E-state index is 13.9. The first-order chi connectivity index (χ1) is 18.7. The number of halogens is 2. The molecule has 0 aliphatic carbocycles. The van der Waals surface area contributed by atoms with E-state index in [9.17, 15) is 22.4 Å². The Morgan fingerprint density at radius 3 is 2.18 bits per heavy atom. The third-order valence-corrected chi connectivity index (χ3v) is 8.25. The summed E-state index contributed by atoms with van der Waals surface area (Å²) in [7, 11) is -4.20. The van der Waals surface area contributed by atoms with Crippen molar-refractivity contribution in [2.24, 2.45) is 0 Å². The van der Waals surface area contributed by atoms with Crippen LogP contribution in [-0.2, 0) is 26.2 Å². The van der Waals surface area contributed by atoms with E-state index in [4.69, 9.17) is 11.6 Å². The number of hydrogen-bond donors (Lipinski definition) is 1. The molecule has 0 fully saturated rings. The molecule has 0 aliphatic rings. The Kier molecular flexibility index (Phi) is 10.9. The Labute approximate surface area is 234 Å². The number of rotatable bonds is 13. The molecule has 0 spiro atoms. The van der Waals surface area contributed by atoms with Gasteiger partial charge in [0.1, 0.15) is 18.4 Å². The molecule has 7 nitrogen and oxygen atoms in total. The van der Waals surface area contributed by atoms with Crippen molar-refractivity contribution in [3.63, 3.8) is 0 Å². The summed E-state index contributed by atoms with van der Waals surface area (Å²) in [6.45, 7) is 3.76. The number of anilines is 1. The van der Waals surface area contributed by atoms with E-state index in [0.29, 0.717) is 18.0 Å². The highest BCUT2D eigenvalue weighted by Crippen LogP contribution is 2.25. The lowest BCUT2D eigenvalue weighted by Gasteiger charge is -2.33. The smallest absolute Gasteiger partial charge is 0.264 e. The molecule has 0 saturated carbocycles. The van der Waals surface area contributed by atoms with Gasteiger partial charge in [0.2, 0.25) is 11.8 Å². The van der Waals surface area contributed by atoms with Crippen molar-refractivity contribution in [3.8, 4) is 0 Å². The molecule has 0 heterocycles. The molecule has 3 rings (SSSR count). The summed E-state index contributed by atoms with van der Waals surface area (Å²) in [6, 6.07) is 18.6. The van der Waals surface area contributed by atoms with E-state index in [-0.39, 0.29) is 23.0 Å².